The normalized spacial score (nSPS) is 10.2. The molecule has 4 nitrogen and oxygen atoms in total. The molecule has 0 saturated carbocycles. The maximum atomic E-state index is 12.1. The molecule has 0 spiro atoms. The Morgan fingerprint density at radius 1 is 1.32 bits per heavy atom. The Balaban J connectivity index is 2.34. The average Bonchev–Trinajstić information content (AvgIpc) is 2.37. The number of anilines is 2. The van der Waals surface area contributed by atoms with Crippen molar-refractivity contribution in [3.05, 3.63) is 52.5 Å². The quantitative estimate of drug-likeness (QED) is 0.737. The molecule has 0 fully saturated rings. The van der Waals surface area contributed by atoms with Crippen molar-refractivity contribution in [1.29, 1.82) is 0 Å². The van der Waals surface area contributed by atoms with E-state index in [1.807, 2.05) is 19.1 Å². The van der Waals surface area contributed by atoms with E-state index in [9.17, 15) is 9.90 Å². The molecule has 0 heterocycles. The lowest BCUT2D eigenvalue weighted by molar-refractivity contribution is 0.102. The number of nitrogen functional groups attached to an aromatic ring is 1. The third-order valence-electron chi connectivity index (χ3n) is 2.74. The number of nitrogens with one attached hydrogen (secondary N) is 1. The van der Waals surface area contributed by atoms with Crippen LogP contribution in [-0.2, 0) is 0 Å². The molecule has 1 amide bonds. The molecule has 0 radical (unpaired) electrons. The van der Waals surface area contributed by atoms with Crippen molar-refractivity contribution in [2.45, 2.75) is 6.92 Å². The molecule has 2 rings (SSSR count). The molecule has 0 aliphatic carbocycles. The summed E-state index contributed by atoms with van der Waals surface area (Å²) in [6.07, 6.45) is 0. The van der Waals surface area contributed by atoms with Gasteiger partial charge in [-0.05, 0) is 36.8 Å². The number of benzene rings is 2. The number of hydrogen-bond donors (Lipinski definition) is 3. The Morgan fingerprint density at radius 2 is 2.05 bits per heavy atom. The van der Waals surface area contributed by atoms with E-state index in [1.54, 1.807) is 6.07 Å². The van der Waals surface area contributed by atoms with Gasteiger partial charge in [0.1, 0.15) is 5.75 Å². The van der Waals surface area contributed by atoms with Crippen molar-refractivity contribution in [2.75, 3.05) is 11.1 Å². The van der Waals surface area contributed by atoms with E-state index in [0.29, 0.717) is 11.4 Å². The Hall–Kier alpha value is -2.20. The Bertz CT molecular complexity index is 621. The number of para-hydroxylation sites is 1. The Morgan fingerprint density at radius 3 is 2.74 bits per heavy atom. The van der Waals surface area contributed by atoms with Crippen LogP contribution in [-0.4, -0.2) is 11.0 Å². The van der Waals surface area contributed by atoms with Crippen LogP contribution in [0.3, 0.4) is 0 Å². The summed E-state index contributed by atoms with van der Waals surface area (Å²) < 4.78 is 0. The molecule has 0 atom stereocenters. The Labute approximate surface area is 115 Å². The molecule has 0 saturated heterocycles. The number of aryl methyl sites for hydroxylation is 1. The van der Waals surface area contributed by atoms with E-state index in [-0.39, 0.29) is 16.3 Å². The van der Waals surface area contributed by atoms with Gasteiger partial charge in [-0.25, -0.2) is 0 Å². The summed E-state index contributed by atoms with van der Waals surface area (Å²) in [6, 6.07) is 9.55. The van der Waals surface area contributed by atoms with Crippen LogP contribution in [0.1, 0.15) is 15.9 Å². The molecule has 98 valence electrons. The van der Waals surface area contributed by atoms with Gasteiger partial charge in [0.05, 0.1) is 22.0 Å². The predicted molar refractivity (Wildman–Crippen MR) is 76.7 cm³/mol. The number of halogens is 1. The fraction of sp³-hybridized carbons (Fsp3) is 0.0714. The third-order valence-corrected chi connectivity index (χ3v) is 3.07. The van der Waals surface area contributed by atoms with Crippen LogP contribution in [0.25, 0.3) is 0 Å². The fourth-order valence-electron chi connectivity index (χ4n) is 1.73. The number of phenolic OH excluding ortho intramolecular Hbond substituents is 1. The van der Waals surface area contributed by atoms with E-state index in [2.05, 4.69) is 5.32 Å². The van der Waals surface area contributed by atoms with Gasteiger partial charge < -0.3 is 16.2 Å². The van der Waals surface area contributed by atoms with Gasteiger partial charge >= 0.3 is 0 Å². The second-order valence-corrected chi connectivity index (χ2v) is 4.56. The molecular weight excluding hydrogens is 264 g/mol. The number of phenols is 1. The van der Waals surface area contributed by atoms with Crippen molar-refractivity contribution in [3.63, 3.8) is 0 Å². The maximum Gasteiger partial charge on any atom is 0.257 e. The van der Waals surface area contributed by atoms with Gasteiger partial charge in [0.25, 0.3) is 5.91 Å². The van der Waals surface area contributed by atoms with Crippen LogP contribution in [0.2, 0.25) is 5.02 Å². The number of rotatable bonds is 2. The van der Waals surface area contributed by atoms with Gasteiger partial charge in [-0.3, -0.25) is 4.79 Å². The lowest BCUT2D eigenvalue weighted by atomic mass is 10.1. The largest absolute Gasteiger partial charge is 0.508 e. The first-order valence-corrected chi connectivity index (χ1v) is 6.02. The van der Waals surface area contributed by atoms with Gasteiger partial charge in [-0.1, -0.05) is 23.7 Å². The second-order valence-electron chi connectivity index (χ2n) is 4.16. The van der Waals surface area contributed by atoms with Crippen molar-refractivity contribution in [3.8, 4) is 5.75 Å². The van der Waals surface area contributed by atoms with Crippen molar-refractivity contribution in [1.82, 2.24) is 0 Å². The zero-order valence-corrected chi connectivity index (χ0v) is 11.0. The molecule has 0 aliphatic heterocycles. The predicted octanol–water partition coefficient (Wildman–Crippen LogP) is 3.19. The third kappa shape index (κ3) is 2.80. The van der Waals surface area contributed by atoms with Crippen molar-refractivity contribution in [2.24, 2.45) is 0 Å². The molecule has 2 aromatic rings. The van der Waals surface area contributed by atoms with Gasteiger partial charge in [-0.15, -0.1) is 0 Å². The monoisotopic (exact) mass is 276 g/mol. The average molecular weight is 277 g/mol. The molecule has 5 heteroatoms. The number of hydrogen-bond acceptors (Lipinski definition) is 3. The zero-order valence-electron chi connectivity index (χ0n) is 10.3. The minimum atomic E-state index is -0.415. The number of nitrogens with two attached hydrogens (primary N) is 1. The molecular formula is C14H13ClN2O2. The lowest BCUT2D eigenvalue weighted by Crippen LogP contribution is -2.14. The summed E-state index contributed by atoms with van der Waals surface area (Å²) in [4.78, 5) is 12.1. The summed E-state index contributed by atoms with van der Waals surface area (Å²) in [6.45, 7) is 1.84. The van der Waals surface area contributed by atoms with Crippen molar-refractivity contribution >= 4 is 28.9 Å². The zero-order chi connectivity index (χ0) is 14.0. The van der Waals surface area contributed by atoms with E-state index in [1.165, 1.54) is 18.2 Å². The highest BCUT2D eigenvalue weighted by Crippen LogP contribution is 2.26. The van der Waals surface area contributed by atoms with Gasteiger partial charge in [0.2, 0.25) is 0 Å². The fourth-order valence-corrected chi connectivity index (χ4v) is 1.93. The van der Waals surface area contributed by atoms with E-state index in [4.69, 9.17) is 17.3 Å². The lowest BCUT2D eigenvalue weighted by Gasteiger charge is -2.12. The van der Waals surface area contributed by atoms with Crippen LogP contribution < -0.4 is 11.1 Å². The first kappa shape index (κ1) is 13.2. The molecule has 2 aromatic carbocycles. The summed E-state index contributed by atoms with van der Waals surface area (Å²) in [5, 5.41) is 12.4. The topological polar surface area (TPSA) is 75.3 Å². The summed E-state index contributed by atoms with van der Waals surface area (Å²) in [7, 11) is 0. The minimum absolute atomic E-state index is 0.0210. The molecule has 19 heavy (non-hydrogen) atoms. The highest BCUT2D eigenvalue weighted by Gasteiger charge is 2.13. The van der Waals surface area contributed by atoms with Crippen LogP contribution in [0, 0.1) is 6.92 Å². The summed E-state index contributed by atoms with van der Waals surface area (Å²) >= 11 is 5.93. The molecule has 0 aromatic heterocycles. The standard InChI is InChI=1S/C14H13ClN2O2/c1-8-3-2-4-12(16)13(8)17-14(19)10-7-9(18)5-6-11(10)15/h2-7,18H,16H2,1H3,(H,17,19). The number of aromatic hydroxyl groups is 1. The summed E-state index contributed by atoms with van der Waals surface area (Å²) in [5.74, 6) is -0.436. The van der Waals surface area contributed by atoms with E-state index >= 15 is 0 Å². The maximum absolute atomic E-state index is 12.1. The molecule has 0 unspecified atom stereocenters. The van der Waals surface area contributed by atoms with Crippen LogP contribution in [0.4, 0.5) is 11.4 Å². The number of amides is 1. The molecule has 0 aliphatic rings. The number of carbonyl (C=O) groups is 1. The van der Waals surface area contributed by atoms with Gasteiger partial charge in [0, 0.05) is 0 Å². The first-order valence-electron chi connectivity index (χ1n) is 5.64. The van der Waals surface area contributed by atoms with Crippen LogP contribution >= 0.6 is 11.6 Å². The minimum Gasteiger partial charge on any atom is -0.508 e. The summed E-state index contributed by atoms with van der Waals surface area (Å²) in [5.41, 5.74) is 7.89. The molecule has 4 N–H and O–H groups in total. The van der Waals surface area contributed by atoms with Crippen LogP contribution in [0.15, 0.2) is 36.4 Å². The van der Waals surface area contributed by atoms with Crippen LogP contribution in [0.5, 0.6) is 5.75 Å². The van der Waals surface area contributed by atoms with Crippen molar-refractivity contribution < 1.29 is 9.90 Å². The molecule has 0 bridgehead atoms. The highest BCUT2D eigenvalue weighted by atomic mass is 35.5. The second kappa shape index (κ2) is 5.20. The Kier molecular flexibility index (Phi) is 3.62. The van der Waals surface area contributed by atoms with Gasteiger partial charge in [-0.2, -0.15) is 0 Å². The smallest absolute Gasteiger partial charge is 0.257 e. The first-order chi connectivity index (χ1) is 8.99. The number of carbonyl (C=O) groups excluding carboxylic acids is 1. The van der Waals surface area contributed by atoms with E-state index < -0.39 is 5.91 Å². The van der Waals surface area contributed by atoms with Gasteiger partial charge in [0.15, 0.2) is 0 Å². The van der Waals surface area contributed by atoms with E-state index in [0.717, 1.165) is 5.56 Å². The highest BCUT2D eigenvalue weighted by molar-refractivity contribution is 6.34. The SMILES string of the molecule is Cc1cccc(N)c1NC(=O)c1cc(O)ccc1Cl.